The molecule has 1 amide bonds. The summed E-state index contributed by atoms with van der Waals surface area (Å²) in [5.41, 5.74) is 1.33. The number of aromatic nitrogens is 1. The van der Waals surface area contributed by atoms with Gasteiger partial charge in [0, 0.05) is 17.7 Å². The van der Waals surface area contributed by atoms with Gasteiger partial charge >= 0.3 is 0 Å². The maximum atomic E-state index is 12.9. The predicted octanol–water partition coefficient (Wildman–Crippen LogP) is 5.42. The van der Waals surface area contributed by atoms with E-state index in [9.17, 15) is 4.79 Å². The highest BCUT2D eigenvalue weighted by Gasteiger charge is 2.21. The van der Waals surface area contributed by atoms with Crippen LogP contribution in [0.15, 0.2) is 65.4 Å². The zero-order valence-corrected chi connectivity index (χ0v) is 16.5. The van der Waals surface area contributed by atoms with Gasteiger partial charge in [0.05, 0.1) is 24.9 Å². The number of anilines is 1. The number of fused-ring (bicyclic) bond motifs is 1. The Labute approximate surface area is 172 Å². The van der Waals surface area contributed by atoms with Crippen LogP contribution in [-0.2, 0) is 0 Å². The Bertz CT molecular complexity index is 1200. The summed E-state index contributed by atoms with van der Waals surface area (Å²) < 4.78 is 16.1. The summed E-state index contributed by atoms with van der Waals surface area (Å²) in [4.78, 5) is 17.0. The summed E-state index contributed by atoms with van der Waals surface area (Å²) in [5.74, 6) is 0.760. The second-order valence-corrected chi connectivity index (χ2v) is 6.64. The Kier molecular flexibility index (Phi) is 5.10. The van der Waals surface area contributed by atoms with Gasteiger partial charge in [-0.25, -0.2) is 4.98 Å². The van der Waals surface area contributed by atoms with Crippen molar-refractivity contribution >= 4 is 34.0 Å². The van der Waals surface area contributed by atoms with Crippen molar-refractivity contribution in [2.24, 2.45) is 0 Å². The topological polar surface area (TPSA) is 73.6 Å². The van der Waals surface area contributed by atoms with E-state index in [4.69, 9.17) is 25.5 Å². The SMILES string of the molecule is COc1cc(NC(=O)c2ncoc2-c2ccc3ccccc3c2)c(OC)cc1Cl. The molecule has 0 saturated carbocycles. The standard InChI is InChI=1S/C22H17ClN2O4/c1-27-18-11-17(19(28-2)10-16(18)23)25-22(26)20-21(29-12-24-20)15-8-7-13-5-3-4-6-14(13)9-15/h3-12H,1-2H3,(H,25,26). The minimum atomic E-state index is -0.440. The molecule has 1 heterocycles. The molecule has 0 spiro atoms. The molecule has 29 heavy (non-hydrogen) atoms. The molecular weight excluding hydrogens is 392 g/mol. The van der Waals surface area contributed by atoms with Crippen LogP contribution in [0.2, 0.25) is 5.02 Å². The van der Waals surface area contributed by atoms with Crippen LogP contribution in [0.3, 0.4) is 0 Å². The first-order valence-electron chi connectivity index (χ1n) is 8.76. The average molecular weight is 409 g/mol. The smallest absolute Gasteiger partial charge is 0.278 e. The van der Waals surface area contributed by atoms with Crippen LogP contribution in [0.25, 0.3) is 22.1 Å². The van der Waals surface area contributed by atoms with Gasteiger partial charge in [-0.15, -0.1) is 0 Å². The average Bonchev–Trinajstić information content (AvgIpc) is 3.24. The first-order chi connectivity index (χ1) is 14.1. The minimum absolute atomic E-state index is 0.163. The van der Waals surface area contributed by atoms with Gasteiger partial charge in [-0.05, 0) is 16.8 Å². The van der Waals surface area contributed by atoms with Crippen LogP contribution in [-0.4, -0.2) is 25.1 Å². The fourth-order valence-electron chi connectivity index (χ4n) is 3.08. The number of ether oxygens (including phenoxy) is 2. The van der Waals surface area contributed by atoms with Crippen LogP contribution in [0.4, 0.5) is 5.69 Å². The van der Waals surface area contributed by atoms with Gasteiger partial charge in [0.2, 0.25) is 0 Å². The van der Waals surface area contributed by atoms with E-state index < -0.39 is 5.91 Å². The molecule has 1 aromatic heterocycles. The summed E-state index contributed by atoms with van der Waals surface area (Å²) in [5, 5.41) is 5.30. The van der Waals surface area contributed by atoms with E-state index in [-0.39, 0.29) is 5.69 Å². The summed E-state index contributed by atoms with van der Waals surface area (Å²) in [6.45, 7) is 0. The number of nitrogens with one attached hydrogen (secondary N) is 1. The maximum absolute atomic E-state index is 12.9. The quantitative estimate of drug-likeness (QED) is 0.477. The van der Waals surface area contributed by atoms with E-state index in [0.29, 0.717) is 28.0 Å². The molecule has 4 aromatic rings. The molecule has 0 bridgehead atoms. The van der Waals surface area contributed by atoms with E-state index in [0.717, 1.165) is 16.3 Å². The number of carbonyl (C=O) groups is 1. The van der Waals surface area contributed by atoms with Crippen molar-refractivity contribution in [2.45, 2.75) is 0 Å². The summed E-state index contributed by atoms with van der Waals surface area (Å²) in [7, 11) is 2.99. The fraction of sp³-hybridized carbons (Fsp3) is 0.0909. The number of carbonyl (C=O) groups excluding carboxylic acids is 1. The highest BCUT2D eigenvalue weighted by atomic mass is 35.5. The molecule has 0 unspecified atom stereocenters. The van der Waals surface area contributed by atoms with Crippen molar-refractivity contribution in [3.63, 3.8) is 0 Å². The molecule has 0 aliphatic heterocycles. The van der Waals surface area contributed by atoms with Crippen molar-refractivity contribution < 1.29 is 18.7 Å². The summed E-state index contributed by atoms with van der Waals surface area (Å²) in [6, 6.07) is 16.9. The number of benzene rings is 3. The zero-order valence-electron chi connectivity index (χ0n) is 15.7. The number of hydrogen-bond acceptors (Lipinski definition) is 5. The van der Waals surface area contributed by atoms with Crippen molar-refractivity contribution in [3.05, 3.63) is 71.7 Å². The number of oxazole rings is 1. The first-order valence-corrected chi connectivity index (χ1v) is 9.14. The minimum Gasteiger partial charge on any atom is -0.495 e. The fourth-order valence-corrected chi connectivity index (χ4v) is 3.31. The molecule has 0 saturated heterocycles. The molecular formula is C22H17ClN2O4. The van der Waals surface area contributed by atoms with Gasteiger partial charge < -0.3 is 19.2 Å². The lowest BCUT2D eigenvalue weighted by Crippen LogP contribution is -2.14. The zero-order chi connectivity index (χ0) is 20.4. The van der Waals surface area contributed by atoms with E-state index in [1.54, 1.807) is 12.1 Å². The molecule has 3 aromatic carbocycles. The molecule has 1 N–H and O–H groups in total. The second kappa shape index (κ2) is 7.85. The highest BCUT2D eigenvalue weighted by Crippen LogP contribution is 2.36. The lowest BCUT2D eigenvalue weighted by atomic mass is 10.0. The van der Waals surface area contributed by atoms with Crippen LogP contribution >= 0.6 is 11.6 Å². The van der Waals surface area contributed by atoms with Gasteiger partial charge in [-0.1, -0.05) is 48.0 Å². The van der Waals surface area contributed by atoms with Gasteiger partial charge in [0.15, 0.2) is 17.8 Å². The van der Waals surface area contributed by atoms with E-state index in [1.807, 2.05) is 42.5 Å². The molecule has 146 valence electrons. The Morgan fingerprint density at radius 3 is 2.52 bits per heavy atom. The summed E-state index contributed by atoms with van der Waals surface area (Å²) in [6.07, 6.45) is 1.25. The lowest BCUT2D eigenvalue weighted by Gasteiger charge is -2.13. The lowest BCUT2D eigenvalue weighted by molar-refractivity contribution is 0.102. The van der Waals surface area contributed by atoms with Crippen LogP contribution in [0.1, 0.15) is 10.5 Å². The molecule has 0 atom stereocenters. The Balaban J connectivity index is 1.68. The van der Waals surface area contributed by atoms with Gasteiger partial charge in [0.25, 0.3) is 5.91 Å². The number of methoxy groups -OCH3 is 2. The third-order valence-electron chi connectivity index (χ3n) is 4.52. The Morgan fingerprint density at radius 2 is 1.76 bits per heavy atom. The maximum Gasteiger partial charge on any atom is 0.278 e. The summed E-state index contributed by atoms with van der Waals surface area (Å²) >= 11 is 6.12. The Hall–Kier alpha value is -3.51. The van der Waals surface area contributed by atoms with Gasteiger partial charge in [-0.2, -0.15) is 0 Å². The van der Waals surface area contributed by atoms with Crippen molar-refractivity contribution in [1.82, 2.24) is 4.98 Å². The van der Waals surface area contributed by atoms with E-state index in [2.05, 4.69) is 10.3 Å². The third kappa shape index (κ3) is 3.62. The van der Waals surface area contributed by atoms with Crippen LogP contribution in [0, 0.1) is 0 Å². The van der Waals surface area contributed by atoms with E-state index in [1.165, 1.54) is 20.6 Å². The van der Waals surface area contributed by atoms with Crippen LogP contribution in [0.5, 0.6) is 11.5 Å². The normalized spacial score (nSPS) is 10.7. The van der Waals surface area contributed by atoms with Gasteiger partial charge in [-0.3, -0.25) is 4.79 Å². The van der Waals surface area contributed by atoms with E-state index >= 15 is 0 Å². The molecule has 0 aliphatic carbocycles. The molecule has 0 radical (unpaired) electrons. The number of amides is 1. The predicted molar refractivity (Wildman–Crippen MR) is 112 cm³/mol. The second-order valence-electron chi connectivity index (χ2n) is 6.23. The third-order valence-corrected chi connectivity index (χ3v) is 4.81. The molecule has 0 aliphatic rings. The molecule has 6 nitrogen and oxygen atoms in total. The number of nitrogens with zero attached hydrogens (tertiary/aromatic N) is 1. The largest absolute Gasteiger partial charge is 0.495 e. The molecule has 7 heteroatoms. The highest BCUT2D eigenvalue weighted by molar-refractivity contribution is 6.32. The van der Waals surface area contributed by atoms with Gasteiger partial charge in [0.1, 0.15) is 11.5 Å². The Morgan fingerprint density at radius 1 is 1.00 bits per heavy atom. The van der Waals surface area contributed by atoms with Crippen molar-refractivity contribution in [2.75, 3.05) is 19.5 Å². The molecule has 4 rings (SSSR count). The molecule has 0 fully saturated rings. The number of rotatable bonds is 5. The number of halogens is 1. The van der Waals surface area contributed by atoms with Crippen LogP contribution < -0.4 is 14.8 Å². The number of hydrogen-bond donors (Lipinski definition) is 1. The first kappa shape index (κ1) is 18.8. The van der Waals surface area contributed by atoms with Crippen molar-refractivity contribution in [3.8, 4) is 22.8 Å². The van der Waals surface area contributed by atoms with Crippen molar-refractivity contribution in [1.29, 1.82) is 0 Å². The monoisotopic (exact) mass is 408 g/mol.